The van der Waals surface area contributed by atoms with Crippen LogP contribution in [0.1, 0.15) is 35.3 Å². The van der Waals surface area contributed by atoms with Crippen molar-refractivity contribution in [2.75, 3.05) is 32.6 Å². The maximum absolute atomic E-state index is 12.4. The second-order valence-electron chi connectivity index (χ2n) is 4.86. The molecule has 0 saturated heterocycles. The summed E-state index contributed by atoms with van der Waals surface area (Å²) < 4.78 is 0. The monoisotopic (exact) mass is 248 g/mol. The smallest absolute Gasteiger partial charge is 0.255 e. The van der Waals surface area contributed by atoms with Gasteiger partial charge in [-0.2, -0.15) is 0 Å². The zero-order chi connectivity index (χ0) is 13.9. The number of nitrogens with zero attached hydrogens (tertiary/aromatic N) is 2. The van der Waals surface area contributed by atoms with Gasteiger partial charge >= 0.3 is 0 Å². The van der Waals surface area contributed by atoms with Crippen LogP contribution in [0.25, 0.3) is 0 Å². The maximum atomic E-state index is 12.4. The molecule has 0 N–H and O–H groups in total. The molecule has 1 rings (SSSR count). The summed E-state index contributed by atoms with van der Waals surface area (Å²) in [5.41, 5.74) is 4.28. The summed E-state index contributed by atoms with van der Waals surface area (Å²) in [5.74, 6) is 0.0898. The Balaban J connectivity index is 3.33. The van der Waals surface area contributed by atoms with Crippen LogP contribution in [0.4, 0.5) is 5.69 Å². The lowest BCUT2D eigenvalue weighted by Crippen LogP contribution is -2.28. The van der Waals surface area contributed by atoms with E-state index in [0.29, 0.717) is 0 Å². The van der Waals surface area contributed by atoms with Crippen molar-refractivity contribution < 1.29 is 4.79 Å². The number of rotatable bonds is 4. The Labute approximate surface area is 110 Å². The highest BCUT2D eigenvalue weighted by Gasteiger charge is 2.17. The van der Waals surface area contributed by atoms with Gasteiger partial charge in [0.15, 0.2) is 0 Å². The van der Waals surface area contributed by atoms with Gasteiger partial charge in [0.1, 0.15) is 0 Å². The van der Waals surface area contributed by atoms with Crippen molar-refractivity contribution >= 4 is 11.6 Å². The van der Waals surface area contributed by atoms with Crippen LogP contribution in [0.15, 0.2) is 12.1 Å². The Morgan fingerprint density at radius 1 is 1.17 bits per heavy atom. The second-order valence-corrected chi connectivity index (χ2v) is 4.86. The molecule has 0 aliphatic rings. The molecule has 1 aromatic rings. The maximum Gasteiger partial charge on any atom is 0.255 e. The third kappa shape index (κ3) is 2.84. The molecule has 18 heavy (non-hydrogen) atoms. The van der Waals surface area contributed by atoms with Gasteiger partial charge in [0.25, 0.3) is 5.91 Å². The van der Waals surface area contributed by atoms with Crippen LogP contribution in [0.3, 0.4) is 0 Å². The Morgan fingerprint density at radius 3 is 2.22 bits per heavy atom. The average molecular weight is 248 g/mol. The SMILES string of the molecule is CCc1cc(N(C)C)c(C(=O)N(C)CC)cc1C. The first-order valence-electron chi connectivity index (χ1n) is 6.48. The zero-order valence-electron chi connectivity index (χ0n) is 12.4. The van der Waals surface area contributed by atoms with Crippen molar-refractivity contribution in [3.8, 4) is 0 Å². The molecule has 0 aromatic heterocycles. The molecule has 1 aromatic carbocycles. The van der Waals surface area contributed by atoms with Crippen molar-refractivity contribution in [3.05, 3.63) is 28.8 Å². The second kappa shape index (κ2) is 5.89. The largest absolute Gasteiger partial charge is 0.377 e. The minimum atomic E-state index is 0.0898. The summed E-state index contributed by atoms with van der Waals surface area (Å²) in [6.07, 6.45) is 0.991. The normalized spacial score (nSPS) is 10.3. The lowest BCUT2D eigenvalue weighted by Gasteiger charge is -2.22. The van der Waals surface area contributed by atoms with Gasteiger partial charge in [0, 0.05) is 33.4 Å². The molecule has 0 radical (unpaired) electrons. The van der Waals surface area contributed by atoms with E-state index in [2.05, 4.69) is 19.9 Å². The Kier molecular flexibility index (Phi) is 4.76. The third-order valence-corrected chi connectivity index (χ3v) is 3.37. The number of benzene rings is 1. The number of hydrogen-bond donors (Lipinski definition) is 0. The van der Waals surface area contributed by atoms with Crippen molar-refractivity contribution in [1.82, 2.24) is 4.90 Å². The first-order valence-corrected chi connectivity index (χ1v) is 6.48. The Hall–Kier alpha value is -1.51. The third-order valence-electron chi connectivity index (χ3n) is 3.37. The molecule has 0 bridgehead atoms. The van der Waals surface area contributed by atoms with Gasteiger partial charge in [-0.25, -0.2) is 0 Å². The van der Waals surface area contributed by atoms with Gasteiger partial charge < -0.3 is 9.80 Å². The van der Waals surface area contributed by atoms with Crippen molar-refractivity contribution in [2.45, 2.75) is 27.2 Å². The summed E-state index contributed by atoms with van der Waals surface area (Å²) >= 11 is 0. The van der Waals surface area contributed by atoms with Crippen LogP contribution in [0.2, 0.25) is 0 Å². The van der Waals surface area contributed by atoms with Crippen molar-refractivity contribution in [2.24, 2.45) is 0 Å². The van der Waals surface area contributed by atoms with Gasteiger partial charge in [-0.3, -0.25) is 4.79 Å². The zero-order valence-corrected chi connectivity index (χ0v) is 12.4. The fourth-order valence-corrected chi connectivity index (χ4v) is 2.01. The van der Waals surface area contributed by atoms with E-state index in [1.54, 1.807) is 4.90 Å². The van der Waals surface area contributed by atoms with Crippen LogP contribution < -0.4 is 4.90 Å². The first-order chi connectivity index (χ1) is 8.42. The van der Waals surface area contributed by atoms with Crippen LogP contribution in [0, 0.1) is 6.92 Å². The lowest BCUT2D eigenvalue weighted by atomic mass is 10.00. The molecule has 3 nitrogen and oxygen atoms in total. The Morgan fingerprint density at radius 2 is 1.78 bits per heavy atom. The van der Waals surface area contributed by atoms with E-state index in [0.717, 1.165) is 24.2 Å². The van der Waals surface area contributed by atoms with Crippen LogP contribution in [-0.4, -0.2) is 38.5 Å². The topological polar surface area (TPSA) is 23.6 Å². The number of carbonyl (C=O) groups is 1. The van der Waals surface area contributed by atoms with Gasteiger partial charge in [-0.15, -0.1) is 0 Å². The predicted molar refractivity (Wildman–Crippen MR) is 77.5 cm³/mol. The van der Waals surface area contributed by atoms with Gasteiger partial charge in [0.2, 0.25) is 0 Å². The molecule has 3 heteroatoms. The molecule has 0 spiro atoms. The van der Waals surface area contributed by atoms with Crippen molar-refractivity contribution in [3.63, 3.8) is 0 Å². The number of amides is 1. The van der Waals surface area contributed by atoms with Crippen LogP contribution in [-0.2, 0) is 6.42 Å². The number of carbonyl (C=O) groups excluding carboxylic acids is 1. The Bertz CT molecular complexity index is 438. The minimum Gasteiger partial charge on any atom is -0.377 e. The summed E-state index contributed by atoms with van der Waals surface area (Å²) in [4.78, 5) is 16.1. The summed E-state index contributed by atoms with van der Waals surface area (Å²) in [5, 5.41) is 0. The number of hydrogen-bond acceptors (Lipinski definition) is 2. The molecule has 0 atom stereocenters. The van der Waals surface area contributed by atoms with E-state index in [4.69, 9.17) is 0 Å². The molecule has 0 aliphatic carbocycles. The van der Waals surface area contributed by atoms with Crippen LogP contribution in [0.5, 0.6) is 0 Å². The molecule has 0 heterocycles. The van der Waals surface area contributed by atoms with E-state index in [9.17, 15) is 4.79 Å². The van der Waals surface area contributed by atoms with Gasteiger partial charge in [-0.05, 0) is 43.5 Å². The fourth-order valence-electron chi connectivity index (χ4n) is 2.01. The molecule has 0 saturated carbocycles. The lowest BCUT2D eigenvalue weighted by molar-refractivity contribution is 0.0803. The highest BCUT2D eigenvalue weighted by molar-refractivity contribution is 6.00. The predicted octanol–water partition coefficient (Wildman–Crippen LogP) is 2.72. The van der Waals surface area contributed by atoms with E-state index < -0.39 is 0 Å². The van der Waals surface area contributed by atoms with E-state index >= 15 is 0 Å². The summed E-state index contributed by atoms with van der Waals surface area (Å²) in [7, 11) is 5.80. The molecule has 100 valence electrons. The van der Waals surface area contributed by atoms with Crippen LogP contribution >= 0.6 is 0 Å². The van der Waals surface area contributed by atoms with E-state index in [1.165, 1.54) is 11.1 Å². The highest BCUT2D eigenvalue weighted by atomic mass is 16.2. The fraction of sp³-hybridized carbons (Fsp3) is 0.533. The standard InChI is InChI=1S/C15H24N2O/c1-7-12-10-14(16(4)5)13(9-11(12)3)15(18)17(6)8-2/h9-10H,7-8H2,1-6H3. The quantitative estimate of drug-likeness (QED) is 0.818. The number of anilines is 1. The minimum absolute atomic E-state index is 0.0898. The van der Waals surface area contributed by atoms with E-state index in [-0.39, 0.29) is 5.91 Å². The molecule has 1 amide bonds. The molecular formula is C15H24N2O. The molecular weight excluding hydrogens is 224 g/mol. The van der Waals surface area contributed by atoms with Gasteiger partial charge in [0.05, 0.1) is 5.56 Å². The van der Waals surface area contributed by atoms with E-state index in [1.807, 2.05) is 39.0 Å². The summed E-state index contributed by atoms with van der Waals surface area (Å²) in [6, 6.07) is 4.15. The van der Waals surface area contributed by atoms with Crippen molar-refractivity contribution in [1.29, 1.82) is 0 Å². The van der Waals surface area contributed by atoms with Gasteiger partial charge in [-0.1, -0.05) is 6.92 Å². The molecule has 0 unspecified atom stereocenters. The summed E-state index contributed by atoms with van der Waals surface area (Å²) in [6.45, 7) is 6.92. The molecule has 0 fully saturated rings. The highest BCUT2D eigenvalue weighted by Crippen LogP contribution is 2.25. The first kappa shape index (κ1) is 14.6. The number of aryl methyl sites for hydroxylation is 2. The molecule has 0 aliphatic heterocycles. The average Bonchev–Trinajstić information content (AvgIpc) is 2.36.